The summed E-state index contributed by atoms with van der Waals surface area (Å²) < 4.78 is 1.63. The van der Waals surface area contributed by atoms with E-state index in [1.807, 2.05) is 4.90 Å². The first kappa shape index (κ1) is 12.3. The second-order valence-electron chi connectivity index (χ2n) is 3.85. The van der Waals surface area contributed by atoms with Gasteiger partial charge in [-0.05, 0) is 23.3 Å². The Morgan fingerprint density at radius 1 is 1.41 bits per heavy atom. The molecule has 0 aromatic carbocycles. The highest BCUT2D eigenvalue weighted by atomic mass is 32.2. The van der Waals surface area contributed by atoms with Crippen LogP contribution >= 0.6 is 11.8 Å². The molecule has 1 amide bonds. The van der Waals surface area contributed by atoms with E-state index in [9.17, 15) is 4.79 Å². The van der Waals surface area contributed by atoms with Crippen molar-refractivity contribution in [2.24, 2.45) is 5.73 Å². The van der Waals surface area contributed by atoms with Crippen molar-refractivity contribution in [2.45, 2.75) is 24.5 Å². The zero-order valence-corrected chi connectivity index (χ0v) is 10.4. The van der Waals surface area contributed by atoms with Gasteiger partial charge in [0.1, 0.15) is 0 Å². The molecule has 1 aromatic heterocycles. The maximum absolute atomic E-state index is 11.8. The Morgan fingerprint density at radius 2 is 2.18 bits per heavy atom. The predicted molar refractivity (Wildman–Crippen MR) is 63.4 cm³/mol. The highest BCUT2D eigenvalue weighted by Crippen LogP contribution is 2.16. The smallest absolute Gasteiger partial charge is 0.233 e. The van der Waals surface area contributed by atoms with Crippen molar-refractivity contribution in [1.29, 1.82) is 0 Å². The molecule has 17 heavy (non-hydrogen) atoms. The van der Waals surface area contributed by atoms with E-state index in [0.717, 1.165) is 25.9 Å². The van der Waals surface area contributed by atoms with Crippen LogP contribution in [-0.2, 0) is 11.3 Å². The van der Waals surface area contributed by atoms with Gasteiger partial charge in [0.25, 0.3) is 0 Å². The van der Waals surface area contributed by atoms with Crippen molar-refractivity contribution in [3.8, 4) is 0 Å². The fraction of sp³-hybridized carbons (Fsp3) is 0.778. The zero-order chi connectivity index (χ0) is 12.1. The number of hydrogen-bond acceptors (Lipinski definition) is 6. The summed E-state index contributed by atoms with van der Waals surface area (Å²) in [5.41, 5.74) is 5.44. The lowest BCUT2D eigenvalue weighted by Gasteiger charge is -2.14. The minimum absolute atomic E-state index is 0.162. The number of thioether (sulfide) groups is 1. The van der Waals surface area contributed by atoms with Gasteiger partial charge < -0.3 is 10.6 Å². The van der Waals surface area contributed by atoms with E-state index in [1.165, 1.54) is 11.8 Å². The number of rotatable bonds is 5. The maximum atomic E-state index is 11.8. The molecule has 0 aliphatic carbocycles. The summed E-state index contributed by atoms with van der Waals surface area (Å²) in [5.74, 6) is 0.556. The van der Waals surface area contributed by atoms with Gasteiger partial charge in [0, 0.05) is 19.6 Å². The van der Waals surface area contributed by atoms with E-state index in [4.69, 9.17) is 5.73 Å². The third-order valence-electron chi connectivity index (χ3n) is 2.62. The summed E-state index contributed by atoms with van der Waals surface area (Å²) >= 11 is 1.37. The van der Waals surface area contributed by atoms with Gasteiger partial charge in [-0.3, -0.25) is 4.79 Å². The Kier molecular flexibility index (Phi) is 4.32. The number of amides is 1. The molecule has 0 spiro atoms. The second-order valence-corrected chi connectivity index (χ2v) is 4.79. The van der Waals surface area contributed by atoms with Gasteiger partial charge in [0.15, 0.2) is 0 Å². The van der Waals surface area contributed by atoms with E-state index in [1.54, 1.807) is 4.68 Å². The monoisotopic (exact) mass is 256 g/mol. The Bertz CT molecular complexity index is 375. The number of aromatic nitrogens is 4. The molecule has 0 saturated carbocycles. The Labute approximate surface area is 104 Å². The molecule has 8 heteroatoms. The fourth-order valence-electron chi connectivity index (χ4n) is 1.75. The van der Waals surface area contributed by atoms with E-state index in [2.05, 4.69) is 15.5 Å². The van der Waals surface area contributed by atoms with Crippen LogP contribution in [0.3, 0.4) is 0 Å². The zero-order valence-electron chi connectivity index (χ0n) is 9.58. The lowest BCUT2D eigenvalue weighted by Crippen LogP contribution is -2.29. The highest BCUT2D eigenvalue weighted by Gasteiger charge is 2.18. The van der Waals surface area contributed by atoms with Crippen LogP contribution in [0, 0.1) is 0 Å². The molecule has 2 N–H and O–H groups in total. The minimum Gasteiger partial charge on any atom is -0.342 e. The molecular formula is C9H16N6OS. The molecule has 0 unspecified atom stereocenters. The van der Waals surface area contributed by atoms with Crippen LogP contribution in [0.15, 0.2) is 5.16 Å². The Morgan fingerprint density at radius 3 is 2.88 bits per heavy atom. The second kappa shape index (κ2) is 5.97. The van der Waals surface area contributed by atoms with Crippen molar-refractivity contribution >= 4 is 17.7 Å². The van der Waals surface area contributed by atoms with E-state index < -0.39 is 0 Å². The number of carbonyl (C=O) groups excluding carboxylic acids is 1. The van der Waals surface area contributed by atoms with Crippen LogP contribution in [0.2, 0.25) is 0 Å². The maximum Gasteiger partial charge on any atom is 0.233 e. The number of nitrogens with two attached hydrogens (primary N) is 1. The lowest BCUT2D eigenvalue weighted by molar-refractivity contribution is -0.127. The summed E-state index contributed by atoms with van der Waals surface area (Å²) in [7, 11) is 0. The number of tetrazole rings is 1. The number of carbonyl (C=O) groups is 1. The van der Waals surface area contributed by atoms with Crippen molar-refractivity contribution in [1.82, 2.24) is 25.1 Å². The molecule has 1 fully saturated rings. The third-order valence-corrected chi connectivity index (χ3v) is 3.57. The summed E-state index contributed by atoms with van der Waals surface area (Å²) in [6, 6.07) is 0. The van der Waals surface area contributed by atoms with Crippen LogP contribution in [0.1, 0.15) is 12.8 Å². The SMILES string of the molecule is NCCn1nnnc1SCC(=O)N1CCCC1. The van der Waals surface area contributed by atoms with Crippen LogP contribution in [-0.4, -0.2) is 56.4 Å². The molecule has 1 aliphatic rings. The van der Waals surface area contributed by atoms with Crippen molar-refractivity contribution in [3.05, 3.63) is 0 Å². The van der Waals surface area contributed by atoms with Gasteiger partial charge in [0.05, 0.1) is 12.3 Å². The first-order valence-electron chi connectivity index (χ1n) is 5.68. The molecule has 2 rings (SSSR count). The molecule has 1 aliphatic heterocycles. The summed E-state index contributed by atoms with van der Waals surface area (Å²) in [4.78, 5) is 13.7. The summed E-state index contributed by atoms with van der Waals surface area (Å²) in [5, 5.41) is 11.9. The first-order chi connectivity index (χ1) is 8.31. The molecule has 1 saturated heterocycles. The molecule has 2 heterocycles. The number of likely N-dealkylation sites (tertiary alicyclic amines) is 1. The topological polar surface area (TPSA) is 89.9 Å². The summed E-state index contributed by atoms with van der Waals surface area (Å²) in [6.45, 7) is 2.83. The van der Waals surface area contributed by atoms with E-state index in [-0.39, 0.29) is 5.91 Å². The lowest BCUT2D eigenvalue weighted by atomic mass is 10.4. The quantitative estimate of drug-likeness (QED) is 0.704. The van der Waals surface area contributed by atoms with Gasteiger partial charge in [-0.1, -0.05) is 11.8 Å². The van der Waals surface area contributed by atoms with Crippen LogP contribution in [0.5, 0.6) is 0 Å². The summed E-state index contributed by atoms with van der Waals surface area (Å²) in [6.07, 6.45) is 2.22. The normalized spacial score (nSPS) is 15.5. The van der Waals surface area contributed by atoms with Gasteiger partial charge in [-0.15, -0.1) is 5.10 Å². The molecule has 1 aromatic rings. The highest BCUT2D eigenvalue weighted by molar-refractivity contribution is 7.99. The number of hydrogen-bond donors (Lipinski definition) is 1. The average molecular weight is 256 g/mol. The largest absolute Gasteiger partial charge is 0.342 e. The van der Waals surface area contributed by atoms with Gasteiger partial charge in [-0.25, -0.2) is 4.68 Å². The fourth-order valence-corrected chi connectivity index (χ4v) is 2.55. The van der Waals surface area contributed by atoms with Gasteiger partial charge in [-0.2, -0.15) is 0 Å². The molecule has 0 radical (unpaired) electrons. The van der Waals surface area contributed by atoms with Crippen LogP contribution in [0.4, 0.5) is 0 Å². The molecule has 0 atom stereocenters. The standard InChI is InChI=1S/C9H16N6OS/c10-3-6-15-9(11-12-13-15)17-7-8(16)14-4-1-2-5-14/h1-7,10H2. The molecule has 7 nitrogen and oxygen atoms in total. The van der Waals surface area contributed by atoms with E-state index in [0.29, 0.717) is 24.0 Å². The van der Waals surface area contributed by atoms with Gasteiger partial charge >= 0.3 is 0 Å². The molecule has 0 bridgehead atoms. The van der Waals surface area contributed by atoms with Crippen molar-refractivity contribution < 1.29 is 4.79 Å². The van der Waals surface area contributed by atoms with Crippen LogP contribution < -0.4 is 5.73 Å². The Balaban J connectivity index is 1.84. The van der Waals surface area contributed by atoms with E-state index >= 15 is 0 Å². The molecule has 94 valence electrons. The Hall–Kier alpha value is -1.15. The van der Waals surface area contributed by atoms with Crippen molar-refractivity contribution in [2.75, 3.05) is 25.4 Å². The minimum atomic E-state index is 0.162. The average Bonchev–Trinajstić information content (AvgIpc) is 2.97. The van der Waals surface area contributed by atoms with Gasteiger partial charge in [0.2, 0.25) is 11.1 Å². The predicted octanol–water partition coefficient (Wildman–Crippen LogP) is -0.654. The third kappa shape index (κ3) is 3.16. The van der Waals surface area contributed by atoms with Crippen LogP contribution in [0.25, 0.3) is 0 Å². The number of nitrogens with zero attached hydrogens (tertiary/aromatic N) is 5. The molecular weight excluding hydrogens is 240 g/mol. The van der Waals surface area contributed by atoms with Crippen molar-refractivity contribution in [3.63, 3.8) is 0 Å². The first-order valence-corrected chi connectivity index (χ1v) is 6.66.